The van der Waals surface area contributed by atoms with Gasteiger partial charge >= 0.3 is 0 Å². The van der Waals surface area contributed by atoms with E-state index in [9.17, 15) is 0 Å². The van der Waals surface area contributed by atoms with Gasteiger partial charge in [-0.25, -0.2) is 0 Å². The van der Waals surface area contributed by atoms with Crippen LogP contribution in [-0.2, 0) is 6.42 Å². The topological polar surface area (TPSA) is 27.6 Å². The van der Waals surface area contributed by atoms with Gasteiger partial charge in [0, 0.05) is 25.0 Å². The molecule has 0 spiro atoms. The van der Waals surface area contributed by atoms with Crippen molar-refractivity contribution >= 4 is 34.7 Å². The molecule has 3 nitrogen and oxygen atoms in total. The number of hydrogen-bond acceptors (Lipinski definition) is 3. The minimum absolute atomic E-state index is 0.267. The Bertz CT molecular complexity index is 499. The first-order valence-electron chi connectivity index (χ1n) is 5.66. The van der Waals surface area contributed by atoms with Gasteiger partial charge in [-0.2, -0.15) is 0 Å². The summed E-state index contributed by atoms with van der Waals surface area (Å²) in [6.45, 7) is 1.80. The molecule has 1 aromatic carbocycles. The highest BCUT2D eigenvalue weighted by Crippen LogP contribution is 2.39. The van der Waals surface area contributed by atoms with E-state index in [4.69, 9.17) is 23.2 Å². The van der Waals surface area contributed by atoms with Crippen LogP contribution in [0.4, 0.5) is 5.69 Å². The fourth-order valence-electron chi connectivity index (χ4n) is 2.59. The van der Waals surface area contributed by atoms with Crippen LogP contribution in [0.1, 0.15) is 5.56 Å². The summed E-state index contributed by atoms with van der Waals surface area (Å²) in [7, 11) is 2.05. The number of rotatable bonds is 1. The molecule has 2 heterocycles. The van der Waals surface area contributed by atoms with Crippen molar-refractivity contribution in [2.24, 2.45) is 4.99 Å². The maximum absolute atomic E-state index is 6.26. The summed E-state index contributed by atoms with van der Waals surface area (Å²) in [6.07, 6.45) is 0.915. The normalized spacial score (nSPS) is 22.4. The molecule has 0 aromatic heterocycles. The molecule has 3 rings (SSSR count). The fourth-order valence-corrected chi connectivity index (χ4v) is 3.26. The molecule has 2 aliphatic rings. The van der Waals surface area contributed by atoms with Gasteiger partial charge < -0.3 is 10.2 Å². The standard InChI is InChI=1S/C12H13Cl2N3/c1-17-10(12-15-2-3-16-12)5-7-4-8(13)6-9(14)11(7)17/h4,6,10H,2-3,5H2,1H3,(H,15,16). The first-order valence-corrected chi connectivity index (χ1v) is 6.41. The molecule has 2 aliphatic heterocycles. The van der Waals surface area contributed by atoms with Gasteiger partial charge in [-0.05, 0) is 17.7 Å². The second-order valence-corrected chi connectivity index (χ2v) is 5.26. The van der Waals surface area contributed by atoms with Gasteiger partial charge in [0.25, 0.3) is 0 Å². The molecule has 0 radical (unpaired) electrons. The van der Waals surface area contributed by atoms with Gasteiger partial charge in [0.1, 0.15) is 5.84 Å². The average Bonchev–Trinajstić information content (AvgIpc) is 2.85. The fraction of sp³-hybridized carbons (Fsp3) is 0.417. The molecule has 90 valence electrons. The third kappa shape index (κ3) is 1.78. The lowest BCUT2D eigenvalue weighted by atomic mass is 10.1. The molecule has 1 aromatic rings. The summed E-state index contributed by atoms with van der Waals surface area (Å²) in [4.78, 5) is 6.68. The second-order valence-electron chi connectivity index (χ2n) is 4.42. The largest absolute Gasteiger partial charge is 0.370 e. The molecule has 17 heavy (non-hydrogen) atoms. The highest BCUT2D eigenvalue weighted by atomic mass is 35.5. The molecule has 0 bridgehead atoms. The third-order valence-electron chi connectivity index (χ3n) is 3.36. The van der Waals surface area contributed by atoms with Crippen molar-refractivity contribution in [1.82, 2.24) is 5.32 Å². The van der Waals surface area contributed by atoms with Crippen LogP contribution >= 0.6 is 23.2 Å². The van der Waals surface area contributed by atoms with Gasteiger partial charge in [0.05, 0.1) is 23.3 Å². The molecule has 0 aliphatic carbocycles. The molecule has 1 atom stereocenters. The van der Waals surface area contributed by atoms with E-state index < -0.39 is 0 Å². The molecule has 1 unspecified atom stereocenters. The maximum Gasteiger partial charge on any atom is 0.120 e. The monoisotopic (exact) mass is 269 g/mol. The number of aliphatic imine (C=N–C) groups is 1. The highest BCUT2D eigenvalue weighted by Gasteiger charge is 2.33. The zero-order chi connectivity index (χ0) is 12.0. The Morgan fingerprint density at radius 3 is 2.94 bits per heavy atom. The number of nitrogens with zero attached hydrogens (tertiary/aromatic N) is 2. The Morgan fingerprint density at radius 1 is 1.41 bits per heavy atom. The van der Waals surface area contributed by atoms with Gasteiger partial charge in [0.2, 0.25) is 0 Å². The number of halogens is 2. The summed E-state index contributed by atoms with van der Waals surface area (Å²) < 4.78 is 0. The zero-order valence-corrected chi connectivity index (χ0v) is 11.0. The van der Waals surface area contributed by atoms with E-state index in [2.05, 4.69) is 22.3 Å². The Kier molecular flexibility index (Phi) is 2.68. The van der Waals surface area contributed by atoms with Crippen LogP contribution < -0.4 is 10.2 Å². The van der Waals surface area contributed by atoms with Crippen LogP contribution in [-0.4, -0.2) is 32.0 Å². The van der Waals surface area contributed by atoms with Gasteiger partial charge in [-0.3, -0.25) is 4.99 Å². The summed E-state index contributed by atoms with van der Waals surface area (Å²) in [5, 5.41) is 4.75. The van der Waals surface area contributed by atoms with Crippen molar-refractivity contribution in [1.29, 1.82) is 0 Å². The molecular formula is C12H13Cl2N3. The van der Waals surface area contributed by atoms with E-state index in [0.29, 0.717) is 5.02 Å². The zero-order valence-electron chi connectivity index (χ0n) is 9.50. The Labute approximate surface area is 110 Å². The smallest absolute Gasteiger partial charge is 0.120 e. The van der Waals surface area contributed by atoms with Crippen molar-refractivity contribution in [3.8, 4) is 0 Å². The molecule has 0 saturated heterocycles. The van der Waals surface area contributed by atoms with Crippen LogP contribution in [0.5, 0.6) is 0 Å². The molecule has 0 fully saturated rings. The quantitative estimate of drug-likeness (QED) is 0.848. The SMILES string of the molecule is CN1c2c(Cl)cc(Cl)cc2CC1C1=NCCN1. The minimum Gasteiger partial charge on any atom is -0.370 e. The van der Waals surface area contributed by atoms with Gasteiger partial charge in [0.15, 0.2) is 0 Å². The van der Waals surface area contributed by atoms with Crippen molar-refractivity contribution in [3.05, 3.63) is 27.7 Å². The number of likely N-dealkylation sites (N-methyl/N-ethyl adjacent to an activating group) is 1. The highest BCUT2D eigenvalue weighted by molar-refractivity contribution is 6.36. The van der Waals surface area contributed by atoms with Crippen molar-refractivity contribution in [2.45, 2.75) is 12.5 Å². The minimum atomic E-state index is 0.267. The Balaban J connectivity index is 1.99. The van der Waals surface area contributed by atoms with Crippen LogP contribution in [0, 0.1) is 0 Å². The van der Waals surface area contributed by atoms with E-state index in [1.807, 2.05) is 6.07 Å². The lowest BCUT2D eigenvalue weighted by molar-refractivity contribution is 0.811. The maximum atomic E-state index is 6.26. The van der Waals surface area contributed by atoms with Crippen LogP contribution in [0.2, 0.25) is 10.0 Å². The number of fused-ring (bicyclic) bond motifs is 1. The summed E-state index contributed by atoms with van der Waals surface area (Å²) >= 11 is 12.3. The first kappa shape index (κ1) is 11.2. The van der Waals surface area contributed by atoms with Crippen LogP contribution in [0.3, 0.4) is 0 Å². The molecule has 0 amide bonds. The lowest BCUT2D eigenvalue weighted by Crippen LogP contribution is -2.41. The summed E-state index contributed by atoms with van der Waals surface area (Å²) in [5.74, 6) is 1.07. The number of nitrogens with one attached hydrogen (secondary N) is 1. The van der Waals surface area contributed by atoms with E-state index in [1.54, 1.807) is 6.07 Å². The van der Waals surface area contributed by atoms with E-state index in [0.717, 1.165) is 36.1 Å². The molecule has 0 saturated carbocycles. The molecule has 5 heteroatoms. The third-order valence-corrected chi connectivity index (χ3v) is 3.86. The summed E-state index contributed by atoms with van der Waals surface area (Å²) in [5.41, 5.74) is 2.28. The van der Waals surface area contributed by atoms with Gasteiger partial charge in [-0.15, -0.1) is 0 Å². The molecule has 1 N–H and O–H groups in total. The Hall–Kier alpha value is -0.930. The second kappa shape index (κ2) is 4.07. The van der Waals surface area contributed by atoms with Crippen molar-refractivity contribution in [3.63, 3.8) is 0 Å². The predicted molar refractivity (Wildman–Crippen MR) is 72.7 cm³/mol. The van der Waals surface area contributed by atoms with E-state index in [1.165, 1.54) is 5.56 Å². The number of amidine groups is 1. The van der Waals surface area contributed by atoms with Crippen LogP contribution in [0.15, 0.2) is 17.1 Å². The van der Waals surface area contributed by atoms with E-state index in [-0.39, 0.29) is 6.04 Å². The average molecular weight is 270 g/mol. The van der Waals surface area contributed by atoms with Gasteiger partial charge in [-0.1, -0.05) is 23.2 Å². The van der Waals surface area contributed by atoms with Crippen molar-refractivity contribution < 1.29 is 0 Å². The number of anilines is 1. The summed E-state index contributed by atoms with van der Waals surface area (Å²) in [6, 6.07) is 4.06. The van der Waals surface area contributed by atoms with Crippen LogP contribution in [0.25, 0.3) is 0 Å². The molecular weight excluding hydrogens is 257 g/mol. The predicted octanol–water partition coefficient (Wildman–Crippen LogP) is 2.36. The first-order chi connectivity index (χ1) is 8.16. The van der Waals surface area contributed by atoms with E-state index >= 15 is 0 Å². The number of hydrogen-bond donors (Lipinski definition) is 1. The lowest BCUT2D eigenvalue weighted by Gasteiger charge is -2.23. The Morgan fingerprint density at radius 2 is 2.24 bits per heavy atom. The van der Waals surface area contributed by atoms with Crippen molar-refractivity contribution in [2.75, 3.05) is 25.0 Å². The number of benzene rings is 1.